The van der Waals surface area contributed by atoms with E-state index in [9.17, 15) is 5.11 Å². The molecule has 0 aliphatic heterocycles. The highest BCUT2D eigenvalue weighted by Crippen LogP contribution is 2.30. The standard InChI is InChI=1S/C14H22O2/c1-5-16-12-8-6-7-11(9-12)13(15)10-14(2,3)4/h6-9,13,15H,5,10H2,1-4H3. The minimum atomic E-state index is -0.416. The van der Waals surface area contributed by atoms with E-state index in [-0.39, 0.29) is 5.41 Å². The van der Waals surface area contributed by atoms with Crippen molar-refractivity contribution in [1.82, 2.24) is 0 Å². The number of benzene rings is 1. The normalized spacial score (nSPS) is 13.6. The van der Waals surface area contributed by atoms with Crippen LogP contribution in [0.25, 0.3) is 0 Å². The molecule has 90 valence electrons. The number of hydrogen-bond donors (Lipinski definition) is 1. The number of hydrogen-bond acceptors (Lipinski definition) is 2. The summed E-state index contributed by atoms with van der Waals surface area (Å²) in [7, 11) is 0. The van der Waals surface area contributed by atoms with Crippen LogP contribution in [0.3, 0.4) is 0 Å². The van der Waals surface area contributed by atoms with E-state index in [0.717, 1.165) is 17.7 Å². The summed E-state index contributed by atoms with van der Waals surface area (Å²) in [5.74, 6) is 0.827. The van der Waals surface area contributed by atoms with E-state index in [1.807, 2.05) is 31.2 Å². The molecule has 1 rings (SSSR count). The Bertz CT molecular complexity index is 326. The van der Waals surface area contributed by atoms with Crippen LogP contribution >= 0.6 is 0 Å². The second-order valence-corrected chi connectivity index (χ2v) is 5.29. The summed E-state index contributed by atoms with van der Waals surface area (Å²) in [4.78, 5) is 0. The molecule has 0 saturated carbocycles. The van der Waals surface area contributed by atoms with Gasteiger partial charge in [0.1, 0.15) is 5.75 Å². The molecule has 1 unspecified atom stereocenters. The first-order valence-electron chi connectivity index (χ1n) is 5.83. The lowest BCUT2D eigenvalue weighted by atomic mass is 9.87. The first-order chi connectivity index (χ1) is 7.42. The Labute approximate surface area is 98.3 Å². The Morgan fingerprint density at radius 2 is 2.00 bits per heavy atom. The van der Waals surface area contributed by atoms with Gasteiger partial charge in [0.2, 0.25) is 0 Å². The Morgan fingerprint density at radius 3 is 2.56 bits per heavy atom. The molecule has 0 aliphatic carbocycles. The maximum Gasteiger partial charge on any atom is 0.119 e. The maximum atomic E-state index is 10.1. The van der Waals surface area contributed by atoms with Crippen molar-refractivity contribution in [2.45, 2.75) is 40.2 Å². The molecule has 16 heavy (non-hydrogen) atoms. The molecule has 0 spiro atoms. The van der Waals surface area contributed by atoms with Crippen molar-refractivity contribution in [3.8, 4) is 5.75 Å². The van der Waals surface area contributed by atoms with Gasteiger partial charge in [-0.2, -0.15) is 0 Å². The highest BCUT2D eigenvalue weighted by atomic mass is 16.5. The van der Waals surface area contributed by atoms with Crippen molar-refractivity contribution in [3.63, 3.8) is 0 Å². The van der Waals surface area contributed by atoms with Crippen LogP contribution < -0.4 is 4.74 Å². The van der Waals surface area contributed by atoms with Crippen molar-refractivity contribution in [2.75, 3.05) is 6.61 Å². The molecule has 2 nitrogen and oxygen atoms in total. The predicted molar refractivity (Wildman–Crippen MR) is 66.6 cm³/mol. The fourth-order valence-corrected chi connectivity index (χ4v) is 1.68. The Kier molecular flexibility index (Phi) is 4.36. The summed E-state index contributed by atoms with van der Waals surface area (Å²) >= 11 is 0. The van der Waals surface area contributed by atoms with Crippen molar-refractivity contribution < 1.29 is 9.84 Å². The van der Waals surface area contributed by atoms with Gasteiger partial charge in [-0.3, -0.25) is 0 Å². The highest BCUT2D eigenvalue weighted by molar-refractivity contribution is 5.29. The van der Waals surface area contributed by atoms with Crippen molar-refractivity contribution in [2.24, 2.45) is 5.41 Å². The SMILES string of the molecule is CCOc1cccc(C(O)CC(C)(C)C)c1. The highest BCUT2D eigenvalue weighted by Gasteiger charge is 2.18. The quantitative estimate of drug-likeness (QED) is 0.844. The molecule has 1 atom stereocenters. The maximum absolute atomic E-state index is 10.1. The van der Waals surface area contributed by atoms with Crippen LogP contribution in [0.5, 0.6) is 5.75 Å². The Hall–Kier alpha value is -1.02. The van der Waals surface area contributed by atoms with Crippen LogP contribution in [0.1, 0.15) is 45.8 Å². The molecule has 0 heterocycles. The van der Waals surface area contributed by atoms with Crippen LogP contribution in [-0.2, 0) is 0 Å². The van der Waals surface area contributed by atoms with E-state index in [2.05, 4.69) is 20.8 Å². The van der Waals surface area contributed by atoms with Gasteiger partial charge >= 0.3 is 0 Å². The minimum absolute atomic E-state index is 0.126. The smallest absolute Gasteiger partial charge is 0.119 e. The van der Waals surface area contributed by atoms with E-state index >= 15 is 0 Å². The van der Waals surface area contributed by atoms with Gasteiger partial charge in [-0.1, -0.05) is 32.9 Å². The van der Waals surface area contributed by atoms with Gasteiger partial charge < -0.3 is 9.84 Å². The molecule has 1 N–H and O–H groups in total. The van der Waals surface area contributed by atoms with Gasteiger partial charge in [-0.25, -0.2) is 0 Å². The van der Waals surface area contributed by atoms with Gasteiger partial charge in [-0.05, 0) is 36.5 Å². The van der Waals surface area contributed by atoms with E-state index in [4.69, 9.17) is 4.74 Å². The monoisotopic (exact) mass is 222 g/mol. The molecule has 1 aromatic rings. The molecule has 0 saturated heterocycles. The van der Waals surface area contributed by atoms with Gasteiger partial charge in [0.15, 0.2) is 0 Å². The second kappa shape index (κ2) is 5.35. The number of rotatable bonds is 4. The van der Waals surface area contributed by atoms with Gasteiger partial charge in [0.05, 0.1) is 12.7 Å². The lowest BCUT2D eigenvalue weighted by Gasteiger charge is -2.22. The van der Waals surface area contributed by atoms with Crippen LogP contribution in [-0.4, -0.2) is 11.7 Å². The fraction of sp³-hybridized carbons (Fsp3) is 0.571. The van der Waals surface area contributed by atoms with Crippen LogP contribution in [0.15, 0.2) is 24.3 Å². The molecular weight excluding hydrogens is 200 g/mol. The van der Waals surface area contributed by atoms with Gasteiger partial charge in [0, 0.05) is 0 Å². The molecule has 0 radical (unpaired) electrons. The Balaban J connectivity index is 2.75. The zero-order chi connectivity index (χ0) is 12.2. The summed E-state index contributed by atoms with van der Waals surface area (Å²) in [5, 5.41) is 10.1. The zero-order valence-corrected chi connectivity index (χ0v) is 10.7. The summed E-state index contributed by atoms with van der Waals surface area (Å²) in [6.07, 6.45) is 0.336. The number of aliphatic hydroxyl groups is 1. The molecule has 1 aromatic carbocycles. The topological polar surface area (TPSA) is 29.5 Å². The minimum Gasteiger partial charge on any atom is -0.494 e. The van der Waals surface area contributed by atoms with Crippen molar-refractivity contribution in [1.29, 1.82) is 0 Å². The lowest BCUT2D eigenvalue weighted by molar-refractivity contribution is 0.122. The molecule has 0 aliphatic rings. The van der Waals surface area contributed by atoms with Crippen LogP contribution in [0.2, 0.25) is 0 Å². The van der Waals surface area contributed by atoms with E-state index < -0.39 is 6.10 Å². The lowest BCUT2D eigenvalue weighted by Crippen LogP contribution is -2.11. The third-order valence-corrected chi connectivity index (χ3v) is 2.36. The van der Waals surface area contributed by atoms with Gasteiger partial charge in [0.25, 0.3) is 0 Å². The molecule has 0 bridgehead atoms. The third kappa shape index (κ3) is 4.23. The van der Waals surface area contributed by atoms with E-state index in [1.165, 1.54) is 0 Å². The first-order valence-corrected chi connectivity index (χ1v) is 5.83. The number of ether oxygens (including phenoxy) is 1. The zero-order valence-electron chi connectivity index (χ0n) is 10.7. The summed E-state index contributed by atoms with van der Waals surface area (Å²) in [6.45, 7) is 8.99. The largest absolute Gasteiger partial charge is 0.494 e. The third-order valence-electron chi connectivity index (χ3n) is 2.36. The van der Waals surface area contributed by atoms with Crippen molar-refractivity contribution >= 4 is 0 Å². The fourth-order valence-electron chi connectivity index (χ4n) is 1.68. The first kappa shape index (κ1) is 13.0. The van der Waals surface area contributed by atoms with E-state index in [0.29, 0.717) is 6.61 Å². The summed E-state index contributed by atoms with van der Waals surface area (Å²) in [6, 6.07) is 7.70. The van der Waals surface area contributed by atoms with E-state index in [1.54, 1.807) is 0 Å². The average molecular weight is 222 g/mol. The number of aliphatic hydroxyl groups excluding tert-OH is 1. The van der Waals surface area contributed by atoms with Crippen molar-refractivity contribution in [3.05, 3.63) is 29.8 Å². The van der Waals surface area contributed by atoms with Crippen LogP contribution in [0.4, 0.5) is 0 Å². The molecular formula is C14H22O2. The average Bonchev–Trinajstić information content (AvgIpc) is 2.16. The molecule has 0 amide bonds. The Morgan fingerprint density at radius 1 is 1.31 bits per heavy atom. The summed E-state index contributed by atoms with van der Waals surface area (Å²) < 4.78 is 5.42. The van der Waals surface area contributed by atoms with Crippen LogP contribution in [0, 0.1) is 5.41 Å². The summed E-state index contributed by atoms with van der Waals surface area (Å²) in [5.41, 5.74) is 1.06. The van der Waals surface area contributed by atoms with Gasteiger partial charge in [-0.15, -0.1) is 0 Å². The predicted octanol–water partition coefficient (Wildman–Crippen LogP) is 3.55. The second-order valence-electron chi connectivity index (χ2n) is 5.29. The molecule has 0 fully saturated rings. The molecule has 0 aromatic heterocycles. The molecule has 2 heteroatoms.